The van der Waals surface area contributed by atoms with Crippen molar-refractivity contribution in [2.24, 2.45) is 0 Å². The Morgan fingerprint density at radius 2 is 1.50 bits per heavy atom. The topological polar surface area (TPSA) is 64.1 Å². The number of aromatic hydroxyl groups is 1. The van der Waals surface area contributed by atoms with Gasteiger partial charge in [0.2, 0.25) is 0 Å². The molecule has 0 atom stereocenters. The molecule has 0 fully saturated rings. The molecule has 1 N–H and O–H groups in total. The molecule has 0 aliphatic heterocycles. The van der Waals surface area contributed by atoms with Crippen LogP contribution in [0.2, 0.25) is 0 Å². The molecule has 0 aliphatic rings. The summed E-state index contributed by atoms with van der Waals surface area (Å²) in [6.45, 7) is 6.50. The van der Waals surface area contributed by atoms with E-state index in [1.807, 2.05) is 60.8 Å². The monoisotopic (exact) mass is 753 g/mol. The van der Waals surface area contributed by atoms with Gasteiger partial charge in [0.25, 0.3) is 0 Å². The van der Waals surface area contributed by atoms with Crippen LogP contribution < -0.4 is 0 Å². The molecule has 0 amide bonds. The van der Waals surface area contributed by atoms with Gasteiger partial charge in [0, 0.05) is 48.8 Å². The number of nitrogens with zero attached hydrogens (tertiary/aromatic N) is 3. The van der Waals surface area contributed by atoms with Crippen LogP contribution in [0.15, 0.2) is 114 Å². The Morgan fingerprint density at radius 1 is 0.750 bits per heavy atom. The van der Waals surface area contributed by atoms with Crippen molar-refractivity contribution in [3.8, 4) is 34.0 Å². The summed E-state index contributed by atoms with van der Waals surface area (Å²) in [5, 5.41) is 15.1. The smallest absolute Gasteiger partial charge is 0.146 e. The second-order valence-corrected chi connectivity index (χ2v) is 12.0. The van der Waals surface area contributed by atoms with Crippen LogP contribution in [0, 0.1) is 6.07 Å². The molecule has 0 spiro atoms. The van der Waals surface area contributed by atoms with Crippen LogP contribution in [0.25, 0.3) is 72.1 Å². The van der Waals surface area contributed by atoms with Gasteiger partial charge in [0.1, 0.15) is 22.6 Å². The van der Waals surface area contributed by atoms with Crippen LogP contribution >= 0.6 is 0 Å². The molecular formula is C38H28N3O2Pt-. The van der Waals surface area contributed by atoms with E-state index in [4.69, 9.17) is 14.4 Å². The first kappa shape index (κ1) is 28.1. The third kappa shape index (κ3) is 4.42. The maximum Gasteiger partial charge on any atom is 0.146 e. The van der Waals surface area contributed by atoms with Crippen LogP contribution in [0.4, 0.5) is 0 Å². The van der Waals surface area contributed by atoms with Crippen molar-refractivity contribution in [2.75, 3.05) is 0 Å². The number of rotatable bonds is 3. The summed E-state index contributed by atoms with van der Waals surface area (Å²) in [6, 6.07) is 37.9. The number of aromatic nitrogens is 3. The zero-order chi connectivity index (χ0) is 29.3. The first-order valence-electron chi connectivity index (χ1n) is 14.4. The molecule has 0 bridgehead atoms. The van der Waals surface area contributed by atoms with Gasteiger partial charge in [-0.2, -0.15) is 0 Å². The predicted octanol–water partition coefficient (Wildman–Crippen LogP) is 9.61. The van der Waals surface area contributed by atoms with Gasteiger partial charge >= 0.3 is 0 Å². The average molecular weight is 754 g/mol. The summed E-state index contributed by atoms with van der Waals surface area (Å²) in [5.41, 5.74) is 7.42. The van der Waals surface area contributed by atoms with E-state index >= 15 is 0 Å². The maximum atomic E-state index is 10.9. The minimum atomic E-state index is -0.0628. The predicted molar refractivity (Wildman–Crippen MR) is 174 cm³/mol. The fraction of sp³-hybridized carbons (Fsp3) is 0.105. The van der Waals surface area contributed by atoms with Gasteiger partial charge < -0.3 is 9.52 Å². The van der Waals surface area contributed by atoms with Crippen LogP contribution in [0.5, 0.6) is 5.75 Å². The number of para-hydroxylation sites is 2. The quantitative estimate of drug-likeness (QED) is 0.183. The standard InChI is InChI=1S/C38H28N3O2.Pt/c1-38(2,3)25-17-18-32(42)29(21-25)23-10-8-11-24(20-23)35-36-30(27-13-5-7-16-33(27)43-36)22-34(40-35)41-31-15-6-4-12-26(31)28-14-9-19-39-37(28)41;/h4-19,21-22,42H,1-3H3;/q-1;. The average Bonchev–Trinajstić information content (AvgIpc) is 3.56. The van der Waals surface area contributed by atoms with E-state index in [0.717, 1.165) is 66.4 Å². The van der Waals surface area contributed by atoms with Crippen LogP contribution in [-0.2, 0) is 26.5 Å². The Hall–Kier alpha value is -4.73. The van der Waals surface area contributed by atoms with Crippen molar-refractivity contribution in [3.63, 3.8) is 0 Å². The van der Waals surface area contributed by atoms with Crippen molar-refractivity contribution >= 4 is 43.9 Å². The largest absolute Gasteiger partial charge is 0.515 e. The molecule has 4 heterocycles. The summed E-state index contributed by atoms with van der Waals surface area (Å²) < 4.78 is 8.58. The number of phenolic OH excluding ortho intramolecular Hbond substituents is 1. The Balaban J connectivity index is 0.00000312. The molecular weight excluding hydrogens is 726 g/mol. The van der Waals surface area contributed by atoms with E-state index < -0.39 is 0 Å². The van der Waals surface area contributed by atoms with E-state index in [1.54, 1.807) is 6.07 Å². The zero-order valence-corrected chi connectivity index (χ0v) is 26.7. The molecule has 4 aromatic heterocycles. The molecule has 0 unspecified atom stereocenters. The van der Waals surface area contributed by atoms with Gasteiger partial charge in [-0.05, 0) is 52.9 Å². The summed E-state index contributed by atoms with van der Waals surface area (Å²) in [4.78, 5) is 10.0. The third-order valence-electron chi connectivity index (χ3n) is 8.21. The Morgan fingerprint density at radius 3 is 2.34 bits per heavy atom. The molecule has 0 aliphatic carbocycles. The number of hydrogen-bond acceptors (Lipinski definition) is 4. The summed E-state index contributed by atoms with van der Waals surface area (Å²) in [7, 11) is 0. The van der Waals surface area contributed by atoms with Crippen molar-refractivity contribution in [2.45, 2.75) is 26.2 Å². The van der Waals surface area contributed by atoms with Gasteiger partial charge in [0.15, 0.2) is 0 Å². The minimum Gasteiger partial charge on any atom is -0.515 e. The number of fused-ring (bicyclic) bond motifs is 6. The van der Waals surface area contributed by atoms with Gasteiger partial charge in [-0.1, -0.05) is 74.9 Å². The SMILES string of the molecule is CC(C)(C)c1ccc(O)c(-c2[c-]c(-c3nc(-n4c5ccccc5c5cccnc54)cc4c3oc3ccccc34)ccc2)c1.[Pt]. The zero-order valence-electron chi connectivity index (χ0n) is 24.4. The molecule has 6 heteroatoms. The third-order valence-corrected chi connectivity index (χ3v) is 8.21. The number of furan rings is 1. The molecule has 0 saturated carbocycles. The molecule has 0 radical (unpaired) electrons. The maximum absolute atomic E-state index is 10.9. The molecule has 4 aromatic carbocycles. The summed E-state index contributed by atoms with van der Waals surface area (Å²) in [5.74, 6) is 0.962. The molecule has 218 valence electrons. The van der Waals surface area contributed by atoms with Crippen molar-refractivity contribution in [1.82, 2.24) is 14.5 Å². The minimum absolute atomic E-state index is 0. The first-order chi connectivity index (χ1) is 20.9. The van der Waals surface area contributed by atoms with Crippen LogP contribution in [0.1, 0.15) is 26.3 Å². The molecule has 8 aromatic rings. The van der Waals surface area contributed by atoms with Crippen molar-refractivity contribution < 1.29 is 30.6 Å². The fourth-order valence-corrected chi connectivity index (χ4v) is 6.02. The van der Waals surface area contributed by atoms with Crippen molar-refractivity contribution in [3.05, 3.63) is 121 Å². The van der Waals surface area contributed by atoms with Crippen LogP contribution in [-0.4, -0.2) is 19.6 Å². The van der Waals surface area contributed by atoms with Crippen LogP contribution in [0.3, 0.4) is 0 Å². The number of phenols is 1. The van der Waals surface area contributed by atoms with E-state index in [1.165, 1.54) is 0 Å². The van der Waals surface area contributed by atoms with E-state index in [-0.39, 0.29) is 32.2 Å². The van der Waals surface area contributed by atoms with E-state index in [2.05, 4.69) is 73.9 Å². The van der Waals surface area contributed by atoms with E-state index in [9.17, 15) is 5.11 Å². The summed E-state index contributed by atoms with van der Waals surface area (Å²) in [6.07, 6.45) is 1.82. The Labute approximate surface area is 269 Å². The second-order valence-electron chi connectivity index (χ2n) is 12.0. The second kappa shape index (κ2) is 10.5. The summed E-state index contributed by atoms with van der Waals surface area (Å²) >= 11 is 0. The normalized spacial score (nSPS) is 11.9. The fourth-order valence-electron chi connectivity index (χ4n) is 6.02. The van der Waals surface area contributed by atoms with Gasteiger partial charge in [0.05, 0.1) is 17.0 Å². The van der Waals surface area contributed by atoms with Gasteiger partial charge in [-0.3, -0.25) is 9.55 Å². The number of hydrogen-bond donors (Lipinski definition) is 1. The number of benzene rings is 4. The Bertz CT molecular complexity index is 2310. The number of pyridine rings is 2. The van der Waals surface area contributed by atoms with Gasteiger partial charge in [-0.25, -0.2) is 4.98 Å². The first-order valence-corrected chi connectivity index (χ1v) is 14.4. The van der Waals surface area contributed by atoms with Gasteiger partial charge in [-0.15, -0.1) is 29.8 Å². The Kier molecular flexibility index (Phi) is 6.67. The molecule has 0 saturated heterocycles. The molecule has 44 heavy (non-hydrogen) atoms. The van der Waals surface area contributed by atoms with E-state index in [0.29, 0.717) is 11.3 Å². The van der Waals surface area contributed by atoms with Crippen molar-refractivity contribution in [1.29, 1.82) is 0 Å². The molecule has 5 nitrogen and oxygen atoms in total. The molecule has 8 rings (SSSR count).